The lowest BCUT2D eigenvalue weighted by molar-refractivity contribution is -0.138. The predicted molar refractivity (Wildman–Crippen MR) is 111 cm³/mol. The molecule has 0 heterocycles. The van der Waals surface area contributed by atoms with Crippen molar-refractivity contribution in [1.29, 1.82) is 0 Å². The number of carbonyl (C=O) groups excluding carboxylic acids is 2. The van der Waals surface area contributed by atoms with Crippen LogP contribution in [0.5, 0.6) is 11.5 Å². The molecule has 0 unspecified atom stereocenters. The molecule has 0 aliphatic heterocycles. The number of phenolic OH excluding ortho intramolecular Hbond substituents is 1. The van der Waals surface area contributed by atoms with E-state index in [4.69, 9.17) is 4.74 Å². The molecule has 1 rings (SSSR count). The van der Waals surface area contributed by atoms with Crippen molar-refractivity contribution in [3.05, 3.63) is 36.4 Å². The van der Waals surface area contributed by atoms with E-state index in [1.807, 2.05) is 6.07 Å². The van der Waals surface area contributed by atoms with Crippen LogP contribution in [0.15, 0.2) is 36.4 Å². The van der Waals surface area contributed by atoms with Crippen molar-refractivity contribution < 1.29 is 19.4 Å². The number of ether oxygens (including phenoxy) is 1. The third-order valence-electron chi connectivity index (χ3n) is 4.32. The summed E-state index contributed by atoms with van der Waals surface area (Å²) in [7, 11) is 1.44. The second kappa shape index (κ2) is 15.5. The second-order valence-corrected chi connectivity index (χ2v) is 6.67. The number of allylic oxidation sites excluding steroid dienone is 2. The highest BCUT2D eigenvalue weighted by atomic mass is 16.5. The second-order valence-electron chi connectivity index (χ2n) is 6.67. The summed E-state index contributed by atoms with van der Waals surface area (Å²) in [6.45, 7) is 1.18. The highest BCUT2D eigenvalue weighted by molar-refractivity contribution is 6.34. The Morgan fingerprint density at radius 3 is 2.29 bits per heavy atom. The highest BCUT2D eigenvalue weighted by Gasteiger charge is 2.08. The molecular weight excluding hydrogens is 356 g/mol. The maximum absolute atomic E-state index is 11.2. The number of nitrogens with one attached hydrogen (secondary N) is 2. The Balaban J connectivity index is 1.85. The van der Waals surface area contributed by atoms with Crippen LogP contribution in [-0.4, -0.2) is 37.1 Å². The third-order valence-corrected chi connectivity index (χ3v) is 4.32. The first-order valence-electron chi connectivity index (χ1n) is 10.2. The van der Waals surface area contributed by atoms with Crippen LogP contribution in [0.1, 0.15) is 57.8 Å². The summed E-state index contributed by atoms with van der Waals surface area (Å²) in [5.74, 6) is -0.407. The Bertz CT molecular complexity index is 602. The lowest BCUT2D eigenvalue weighted by Gasteiger charge is -2.07. The number of carbonyl (C=O) groups is 2. The Labute approximate surface area is 168 Å². The molecule has 6 nitrogen and oxygen atoms in total. The van der Waals surface area contributed by atoms with Gasteiger partial charge in [-0.2, -0.15) is 0 Å². The van der Waals surface area contributed by atoms with Crippen LogP contribution in [0, 0.1) is 0 Å². The topological polar surface area (TPSA) is 87.7 Å². The average molecular weight is 391 g/mol. The fourth-order valence-electron chi connectivity index (χ4n) is 2.67. The van der Waals surface area contributed by atoms with E-state index in [0.717, 1.165) is 38.5 Å². The van der Waals surface area contributed by atoms with E-state index >= 15 is 0 Å². The molecule has 3 N–H and O–H groups in total. The van der Waals surface area contributed by atoms with Crippen LogP contribution in [0.2, 0.25) is 0 Å². The largest absolute Gasteiger partial charge is 0.504 e. The smallest absolute Gasteiger partial charge is 0.309 e. The van der Waals surface area contributed by atoms with E-state index in [2.05, 4.69) is 22.8 Å². The van der Waals surface area contributed by atoms with E-state index in [1.54, 1.807) is 18.2 Å². The van der Waals surface area contributed by atoms with Crippen molar-refractivity contribution in [2.75, 3.05) is 20.2 Å². The minimum Gasteiger partial charge on any atom is -0.504 e. The van der Waals surface area contributed by atoms with Gasteiger partial charge in [0.1, 0.15) is 0 Å². The number of rotatable bonds is 14. The highest BCUT2D eigenvalue weighted by Crippen LogP contribution is 2.24. The van der Waals surface area contributed by atoms with Gasteiger partial charge in [-0.15, -0.1) is 0 Å². The molecule has 2 amide bonds. The molecule has 6 heteroatoms. The van der Waals surface area contributed by atoms with Gasteiger partial charge in [0.2, 0.25) is 0 Å². The summed E-state index contributed by atoms with van der Waals surface area (Å²) in [6, 6.07) is 7.05. The van der Waals surface area contributed by atoms with Crippen LogP contribution < -0.4 is 15.4 Å². The Morgan fingerprint density at radius 1 is 0.929 bits per heavy atom. The lowest BCUT2D eigenvalue weighted by atomic mass is 10.1. The average Bonchev–Trinajstić information content (AvgIpc) is 2.71. The monoisotopic (exact) mass is 390 g/mol. The van der Waals surface area contributed by atoms with Gasteiger partial charge in [0.15, 0.2) is 11.5 Å². The van der Waals surface area contributed by atoms with Gasteiger partial charge in [0.25, 0.3) is 0 Å². The van der Waals surface area contributed by atoms with Crippen LogP contribution >= 0.6 is 0 Å². The summed E-state index contributed by atoms with van der Waals surface area (Å²) < 4.78 is 5.56. The Morgan fingerprint density at radius 2 is 1.57 bits per heavy atom. The van der Waals surface area contributed by atoms with Crippen molar-refractivity contribution in [1.82, 2.24) is 10.6 Å². The maximum atomic E-state index is 11.2. The number of para-hydroxylation sites is 2. The zero-order valence-corrected chi connectivity index (χ0v) is 16.9. The van der Waals surface area contributed by atoms with E-state index in [1.165, 1.54) is 26.3 Å². The predicted octanol–water partition coefficient (Wildman–Crippen LogP) is 3.70. The molecule has 0 saturated carbocycles. The van der Waals surface area contributed by atoms with Crippen LogP contribution in [-0.2, 0) is 9.59 Å². The molecule has 0 bridgehead atoms. The summed E-state index contributed by atoms with van der Waals surface area (Å²) in [5, 5.41) is 14.5. The zero-order valence-electron chi connectivity index (χ0n) is 16.9. The van der Waals surface area contributed by atoms with Gasteiger partial charge in [-0.25, -0.2) is 0 Å². The van der Waals surface area contributed by atoms with Gasteiger partial charge in [0.05, 0.1) is 6.61 Å². The molecule has 1 aromatic carbocycles. The minimum atomic E-state index is -0.595. The molecule has 1 aromatic rings. The van der Waals surface area contributed by atoms with E-state index < -0.39 is 11.8 Å². The van der Waals surface area contributed by atoms with E-state index in [-0.39, 0.29) is 5.75 Å². The molecule has 0 spiro atoms. The number of hydrogen-bond acceptors (Lipinski definition) is 4. The third kappa shape index (κ3) is 11.3. The molecule has 0 aliphatic rings. The molecule has 28 heavy (non-hydrogen) atoms. The van der Waals surface area contributed by atoms with Gasteiger partial charge in [-0.1, -0.05) is 43.5 Å². The van der Waals surface area contributed by atoms with Crippen molar-refractivity contribution in [2.24, 2.45) is 0 Å². The summed E-state index contributed by atoms with van der Waals surface area (Å²) in [5.41, 5.74) is 0. The van der Waals surface area contributed by atoms with Gasteiger partial charge in [-0.05, 0) is 50.7 Å². The summed E-state index contributed by atoms with van der Waals surface area (Å²) in [4.78, 5) is 22.2. The zero-order chi connectivity index (χ0) is 20.5. The number of aromatic hydroxyl groups is 1. The fraction of sp³-hybridized carbons (Fsp3) is 0.545. The van der Waals surface area contributed by atoms with Gasteiger partial charge < -0.3 is 20.5 Å². The van der Waals surface area contributed by atoms with Crippen molar-refractivity contribution in [2.45, 2.75) is 57.8 Å². The fourth-order valence-corrected chi connectivity index (χ4v) is 2.67. The molecule has 0 radical (unpaired) electrons. The van der Waals surface area contributed by atoms with Crippen LogP contribution in [0.3, 0.4) is 0 Å². The molecule has 0 atom stereocenters. The summed E-state index contributed by atoms with van der Waals surface area (Å²) >= 11 is 0. The number of likely N-dealkylation sites (N-methyl/N-ethyl adjacent to an activating group) is 1. The van der Waals surface area contributed by atoms with Crippen molar-refractivity contribution in [3.63, 3.8) is 0 Å². The first-order valence-corrected chi connectivity index (χ1v) is 10.2. The molecule has 0 aliphatic carbocycles. The number of unbranched alkanes of at least 4 members (excludes halogenated alkanes) is 7. The SMILES string of the molecule is CNC(=O)C(=O)NCCCCC=CCCCCCCCOc1ccccc1O. The normalized spacial score (nSPS) is 10.8. The minimum absolute atomic E-state index is 0.197. The van der Waals surface area contributed by atoms with Crippen molar-refractivity contribution >= 4 is 11.8 Å². The first kappa shape index (κ1) is 23.5. The molecular formula is C22H34N2O4. The number of phenols is 1. The molecule has 156 valence electrons. The van der Waals surface area contributed by atoms with Crippen molar-refractivity contribution in [3.8, 4) is 11.5 Å². The Hall–Kier alpha value is -2.50. The molecule has 0 aromatic heterocycles. The van der Waals surface area contributed by atoms with E-state index in [0.29, 0.717) is 18.9 Å². The molecule has 0 saturated heterocycles. The van der Waals surface area contributed by atoms with Gasteiger partial charge in [-0.3, -0.25) is 9.59 Å². The maximum Gasteiger partial charge on any atom is 0.309 e. The first-order chi connectivity index (χ1) is 13.6. The number of benzene rings is 1. The lowest BCUT2D eigenvalue weighted by Crippen LogP contribution is -2.38. The van der Waals surface area contributed by atoms with Crippen LogP contribution in [0.4, 0.5) is 0 Å². The quantitative estimate of drug-likeness (QED) is 0.257. The van der Waals surface area contributed by atoms with Crippen LogP contribution in [0.25, 0.3) is 0 Å². The van der Waals surface area contributed by atoms with Gasteiger partial charge >= 0.3 is 11.8 Å². The Kier molecular flexibility index (Phi) is 13.1. The number of amides is 2. The standard InChI is InChI=1S/C22H34N2O4/c1-23-21(26)22(27)24-17-13-9-7-5-3-2-4-6-8-10-14-18-28-20-16-12-11-15-19(20)25/h3,5,11-12,15-16,25H,2,4,6-10,13-14,17-18H2,1H3,(H,23,26)(H,24,27). The molecule has 0 fully saturated rings. The van der Waals surface area contributed by atoms with E-state index in [9.17, 15) is 14.7 Å². The number of hydrogen-bond donors (Lipinski definition) is 3. The summed E-state index contributed by atoms with van der Waals surface area (Å²) in [6.07, 6.45) is 14.1. The van der Waals surface area contributed by atoms with Gasteiger partial charge in [0, 0.05) is 13.6 Å².